The van der Waals surface area contributed by atoms with Crippen LogP contribution in [-0.2, 0) is 5.54 Å². The van der Waals surface area contributed by atoms with E-state index in [1.54, 1.807) is 13.8 Å². The molecule has 0 atom stereocenters. The summed E-state index contributed by atoms with van der Waals surface area (Å²) in [6, 6.07) is 3.72. The molecule has 0 saturated carbocycles. The highest BCUT2D eigenvalue weighted by Crippen LogP contribution is 2.22. The first-order chi connectivity index (χ1) is 5.43. The molecule has 0 aliphatic rings. The average molecular weight is 208 g/mol. The zero-order valence-electron chi connectivity index (χ0n) is 7.47. The molecule has 0 fully saturated rings. The lowest BCUT2D eigenvalue weighted by atomic mass is 9.95. The van der Waals surface area contributed by atoms with Gasteiger partial charge >= 0.3 is 0 Å². The fraction of sp³-hybridized carbons (Fsp3) is 0.333. The van der Waals surface area contributed by atoms with Crippen LogP contribution in [0.3, 0.4) is 0 Å². The highest BCUT2D eigenvalue weighted by atomic mass is 35.5. The van der Waals surface area contributed by atoms with E-state index < -0.39 is 17.2 Å². The Kier molecular flexibility index (Phi) is 3.82. The van der Waals surface area contributed by atoms with Gasteiger partial charge in [-0.1, -0.05) is 6.07 Å². The molecular weight excluding hydrogens is 196 g/mol. The van der Waals surface area contributed by atoms with Gasteiger partial charge in [-0.05, 0) is 26.0 Å². The lowest BCUT2D eigenvalue weighted by molar-refractivity contribution is 0.459. The molecule has 0 saturated heterocycles. The van der Waals surface area contributed by atoms with E-state index in [1.807, 2.05) is 0 Å². The van der Waals surface area contributed by atoms with E-state index in [9.17, 15) is 8.78 Å². The molecule has 1 rings (SSSR count). The molecule has 0 amide bonds. The minimum Gasteiger partial charge on any atom is -0.322 e. The second-order valence-electron chi connectivity index (χ2n) is 3.32. The maximum Gasteiger partial charge on any atom is 0.131 e. The quantitative estimate of drug-likeness (QED) is 0.753. The highest BCUT2D eigenvalue weighted by molar-refractivity contribution is 5.85. The number of benzene rings is 1. The first kappa shape index (κ1) is 12.3. The summed E-state index contributed by atoms with van der Waals surface area (Å²) in [7, 11) is 0. The normalized spacial score (nSPS) is 10.8. The second-order valence-corrected chi connectivity index (χ2v) is 3.32. The van der Waals surface area contributed by atoms with E-state index in [4.69, 9.17) is 5.73 Å². The van der Waals surface area contributed by atoms with Gasteiger partial charge in [0.05, 0.1) is 0 Å². The van der Waals surface area contributed by atoms with Crippen LogP contribution in [-0.4, -0.2) is 0 Å². The van der Waals surface area contributed by atoms with E-state index in [0.717, 1.165) is 0 Å². The maximum absolute atomic E-state index is 13.0. The molecule has 0 aromatic heterocycles. The molecular formula is C9H12ClF2N. The smallest absolute Gasteiger partial charge is 0.131 e. The van der Waals surface area contributed by atoms with Crippen molar-refractivity contribution in [2.24, 2.45) is 5.73 Å². The lowest BCUT2D eigenvalue weighted by Crippen LogP contribution is -2.31. The van der Waals surface area contributed by atoms with Gasteiger partial charge in [-0.15, -0.1) is 12.4 Å². The third-order valence-electron chi connectivity index (χ3n) is 1.61. The lowest BCUT2D eigenvalue weighted by Gasteiger charge is -2.20. The van der Waals surface area contributed by atoms with Crippen LogP contribution in [0, 0.1) is 11.6 Å². The van der Waals surface area contributed by atoms with E-state index in [-0.39, 0.29) is 18.0 Å². The summed E-state index contributed by atoms with van der Waals surface area (Å²) in [6.07, 6.45) is 0. The summed E-state index contributed by atoms with van der Waals surface area (Å²) in [5, 5.41) is 0. The average Bonchev–Trinajstić information content (AvgIpc) is 1.82. The van der Waals surface area contributed by atoms with Gasteiger partial charge in [-0.3, -0.25) is 0 Å². The Bertz CT molecular complexity index is 274. The van der Waals surface area contributed by atoms with Crippen LogP contribution in [0.25, 0.3) is 0 Å². The Morgan fingerprint density at radius 1 is 1.15 bits per heavy atom. The third-order valence-corrected chi connectivity index (χ3v) is 1.61. The van der Waals surface area contributed by atoms with Crippen molar-refractivity contribution in [2.75, 3.05) is 0 Å². The third kappa shape index (κ3) is 2.64. The molecule has 1 nitrogen and oxygen atoms in total. The number of halogens is 3. The fourth-order valence-corrected chi connectivity index (χ4v) is 1.11. The van der Waals surface area contributed by atoms with Gasteiger partial charge < -0.3 is 5.73 Å². The molecule has 74 valence electrons. The van der Waals surface area contributed by atoms with Crippen molar-refractivity contribution in [2.45, 2.75) is 19.4 Å². The van der Waals surface area contributed by atoms with Crippen molar-refractivity contribution in [3.8, 4) is 0 Å². The summed E-state index contributed by atoms with van der Waals surface area (Å²) >= 11 is 0. The fourth-order valence-electron chi connectivity index (χ4n) is 1.11. The van der Waals surface area contributed by atoms with Crippen LogP contribution in [0.2, 0.25) is 0 Å². The minimum atomic E-state index is -0.977. The molecule has 0 heterocycles. The van der Waals surface area contributed by atoms with Gasteiger partial charge in [0.2, 0.25) is 0 Å². The number of nitrogens with two attached hydrogens (primary N) is 1. The molecule has 0 radical (unpaired) electrons. The van der Waals surface area contributed by atoms with Crippen LogP contribution in [0.15, 0.2) is 18.2 Å². The first-order valence-electron chi connectivity index (χ1n) is 3.66. The predicted molar refractivity (Wildman–Crippen MR) is 50.8 cm³/mol. The zero-order chi connectivity index (χ0) is 9.35. The highest BCUT2D eigenvalue weighted by Gasteiger charge is 2.22. The van der Waals surface area contributed by atoms with Gasteiger partial charge in [0.25, 0.3) is 0 Å². The summed E-state index contributed by atoms with van der Waals surface area (Å²) in [6.45, 7) is 3.13. The van der Waals surface area contributed by atoms with Gasteiger partial charge in [-0.25, -0.2) is 8.78 Å². The van der Waals surface area contributed by atoms with Crippen molar-refractivity contribution in [1.82, 2.24) is 0 Å². The van der Waals surface area contributed by atoms with Crippen LogP contribution in [0.1, 0.15) is 19.4 Å². The molecule has 1 aromatic rings. The Balaban J connectivity index is 0.00000144. The molecule has 2 N–H and O–H groups in total. The van der Waals surface area contributed by atoms with E-state index >= 15 is 0 Å². The number of rotatable bonds is 1. The van der Waals surface area contributed by atoms with Crippen LogP contribution >= 0.6 is 12.4 Å². The summed E-state index contributed by atoms with van der Waals surface area (Å²) in [5.41, 5.74) is 4.54. The SMILES string of the molecule is CC(C)(N)c1c(F)cccc1F.Cl. The molecule has 4 heteroatoms. The molecule has 1 aromatic carbocycles. The van der Waals surface area contributed by atoms with Crippen LogP contribution in [0.5, 0.6) is 0 Å². The Hall–Kier alpha value is -0.670. The van der Waals surface area contributed by atoms with Crippen LogP contribution < -0.4 is 5.73 Å². The number of hydrogen-bond acceptors (Lipinski definition) is 1. The minimum absolute atomic E-state index is 0. The van der Waals surface area contributed by atoms with E-state index in [0.29, 0.717) is 0 Å². The van der Waals surface area contributed by atoms with Crippen molar-refractivity contribution in [3.63, 3.8) is 0 Å². The molecule has 0 aliphatic heterocycles. The monoisotopic (exact) mass is 207 g/mol. The van der Waals surface area contributed by atoms with E-state index in [2.05, 4.69) is 0 Å². The van der Waals surface area contributed by atoms with Crippen molar-refractivity contribution in [1.29, 1.82) is 0 Å². The van der Waals surface area contributed by atoms with Gasteiger partial charge in [0.1, 0.15) is 11.6 Å². The zero-order valence-corrected chi connectivity index (χ0v) is 8.29. The molecule has 0 aliphatic carbocycles. The second kappa shape index (κ2) is 4.03. The topological polar surface area (TPSA) is 26.0 Å². The summed E-state index contributed by atoms with van der Waals surface area (Å²) in [5.74, 6) is -1.19. The predicted octanol–water partition coefficient (Wildman–Crippen LogP) is 2.58. The first-order valence-corrected chi connectivity index (χ1v) is 3.66. The Morgan fingerprint density at radius 2 is 1.54 bits per heavy atom. The van der Waals surface area contributed by atoms with Gasteiger partial charge in [0.15, 0.2) is 0 Å². The van der Waals surface area contributed by atoms with E-state index in [1.165, 1.54) is 18.2 Å². The maximum atomic E-state index is 13.0. The molecule has 0 spiro atoms. The van der Waals surface area contributed by atoms with Crippen molar-refractivity contribution < 1.29 is 8.78 Å². The Labute approximate surface area is 82.4 Å². The van der Waals surface area contributed by atoms with Crippen molar-refractivity contribution >= 4 is 12.4 Å². The Morgan fingerprint density at radius 3 is 1.77 bits per heavy atom. The molecule has 13 heavy (non-hydrogen) atoms. The summed E-state index contributed by atoms with van der Waals surface area (Å²) in [4.78, 5) is 0. The van der Waals surface area contributed by atoms with Gasteiger partial charge in [-0.2, -0.15) is 0 Å². The van der Waals surface area contributed by atoms with Crippen molar-refractivity contribution in [3.05, 3.63) is 35.4 Å². The largest absolute Gasteiger partial charge is 0.322 e. The van der Waals surface area contributed by atoms with Crippen LogP contribution in [0.4, 0.5) is 8.78 Å². The summed E-state index contributed by atoms with van der Waals surface area (Å²) < 4.78 is 26.1. The standard InChI is InChI=1S/C9H11F2N.ClH/c1-9(2,12)8-6(10)4-3-5-7(8)11;/h3-5H,12H2,1-2H3;1H. The number of hydrogen-bond donors (Lipinski definition) is 1. The van der Waals surface area contributed by atoms with Gasteiger partial charge in [0, 0.05) is 11.1 Å². The molecule has 0 bridgehead atoms. The molecule has 0 unspecified atom stereocenters.